The zero-order valence-electron chi connectivity index (χ0n) is 10.1. The van der Waals surface area contributed by atoms with E-state index in [-0.39, 0.29) is 11.9 Å². The Bertz CT molecular complexity index is 331. The first-order valence-corrected chi connectivity index (χ1v) is 5.60. The van der Waals surface area contributed by atoms with Gasteiger partial charge in [-0.15, -0.1) is 0 Å². The summed E-state index contributed by atoms with van der Waals surface area (Å²) in [6, 6.07) is 3.48. The van der Waals surface area contributed by atoms with Gasteiger partial charge in [0.15, 0.2) is 0 Å². The largest absolute Gasteiger partial charge is 0.467 e. The standard InChI is InChI=1S/C12H20N2O2/c1-4-7-12(3,13)11(15)14-9(2)10-6-5-8-16-10/h5-6,8-9H,4,7,13H2,1-3H3,(H,14,15)/t9-,12?/m0/s1. The number of carbonyl (C=O) groups is 1. The molecule has 2 atom stereocenters. The molecule has 0 aliphatic rings. The second-order valence-corrected chi connectivity index (χ2v) is 4.38. The van der Waals surface area contributed by atoms with Crippen LogP contribution in [0, 0.1) is 0 Å². The first-order chi connectivity index (χ1) is 7.47. The molecule has 90 valence electrons. The van der Waals surface area contributed by atoms with E-state index in [1.54, 1.807) is 19.3 Å². The normalized spacial score (nSPS) is 16.5. The molecule has 4 nitrogen and oxygen atoms in total. The zero-order valence-corrected chi connectivity index (χ0v) is 10.1. The number of furan rings is 1. The molecule has 4 heteroatoms. The topological polar surface area (TPSA) is 68.3 Å². The summed E-state index contributed by atoms with van der Waals surface area (Å²) in [5.74, 6) is 0.596. The number of nitrogens with one attached hydrogen (secondary N) is 1. The SMILES string of the molecule is CCCC(C)(N)C(=O)N[C@@H](C)c1ccco1. The van der Waals surface area contributed by atoms with Crippen LogP contribution in [0.5, 0.6) is 0 Å². The molecule has 1 unspecified atom stereocenters. The Hall–Kier alpha value is -1.29. The van der Waals surface area contributed by atoms with Gasteiger partial charge in [0.25, 0.3) is 0 Å². The van der Waals surface area contributed by atoms with Crippen LogP contribution < -0.4 is 11.1 Å². The minimum Gasteiger partial charge on any atom is -0.467 e. The summed E-state index contributed by atoms with van der Waals surface area (Å²) in [4.78, 5) is 11.9. The van der Waals surface area contributed by atoms with Crippen molar-refractivity contribution in [1.29, 1.82) is 0 Å². The molecule has 1 amide bonds. The van der Waals surface area contributed by atoms with E-state index in [1.807, 2.05) is 19.9 Å². The lowest BCUT2D eigenvalue weighted by Gasteiger charge is -2.24. The minimum absolute atomic E-state index is 0.141. The van der Waals surface area contributed by atoms with Gasteiger partial charge in [-0.1, -0.05) is 13.3 Å². The molecule has 0 radical (unpaired) electrons. The average Bonchev–Trinajstić information content (AvgIpc) is 2.70. The van der Waals surface area contributed by atoms with E-state index in [9.17, 15) is 4.79 Å². The summed E-state index contributed by atoms with van der Waals surface area (Å²) in [5, 5.41) is 2.85. The van der Waals surface area contributed by atoms with Gasteiger partial charge < -0.3 is 15.5 Å². The van der Waals surface area contributed by atoms with Crippen molar-refractivity contribution in [3.63, 3.8) is 0 Å². The number of carbonyl (C=O) groups excluding carboxylic acids is 1. The molecule has 1 heterocycles. The molecule has 0 saturated carbocycles. The number of hydrogen-bond donors (Lipinski definition) is 2. The summed E-state index contributed by atoms with van der Waals surface area (Å²) < 4.78 is 5.21. The summed E-state index contributed by atoms with van der Waals surface area (Å²) in [6.07, 6.45) is 3.14. The van der Waals surface area contributed by atoms with Crippen molar-refractivity contribution in [2.45, 2.75) is 45.2 Å². The molecule has 0 fully saturated rings. The van der Waals surface area contributed by atoms with Crippen LogP contribution >= 0.6 is 0 Å². The van der Waals surface area contributed by atoms with Gasteiger partial charge in [-0.3, -0.25) is 4.79 Å². The summed E-state index contributed by atoms with van der Waals surface area (Å²) in [5.41, 5.74) is 5.12. The summed E-state index contributed by atoms with van der Waals surface area (Å²) in [7, 11) is 0. The van der Waals surface area contributed by atoms with Gasteiger partial charge in [0.05, 0.1) is 17.8 Å². The number of rotatable bonds is 5. The maximum absolute atomic E-state index is 11.9. The fourth-order valence-corrected chi connectivity index (χ4v) is 1.60. The van der Waals surface area contributed by atoms with Crippen LogP contribution in [0.1, 0.15) is 45.4 Å². The van der Waals surface area contributed by atoms with Crippen LogP contribution in [0.15, 0.2) is 22.8 Å². The van der Waals surface area contributed by atoms with Gasteiger partial charge >= 0.3 is 0 Å². The quantitative estimate of drug-likeness (QED) is 0.803. The fraction of sp³-hybridized carbons (Fsp3) is 0.583. The first-order valence-electron chi connectivity index (χ1n) is 5.60. The van der Waals surface area contributed by atoms with Crippen molar-refractivity contribution >= 4 is 5.91 Å². The Morgan fingerprint density at radius 3 is 2.88 bits per heavy atom. The highest BCUT2D eigenvalue weighted by molar-refractivity contribution is 5.85. The molecular weight excluding hydrogens is 204 g/mol. The summed E-state index contributed by atoms with van der Waals surface area (Å²) >= 11 is 0. The maximum atomic E-state index is 11.9. The van der Waals surface area contributed by atoms with E-state index in [1.165, 1.54) is 0 Å². The third-order valence-corrected chi connectivity index (χ3v) is 2.61. The van der Waals surface area contributed by atoms with Crippen LogP contribution in [0.25, 0.3) is 0 Å². The van der Waals surface area contributed by atoms with E-state index >= 15 is 0 Å². The lowest BCUT2D eigenvalue weighted by molar-refractivity contribution is -0.126. The molecule has 16 heavy (non-hydrogen) atoms. The Kier molecular flexibility index (Phi) is 4.12. The van der Waals surface area contributed by atoms with E-state index in [0.29, 0.717) is 6.42 Å². The molecular formula is C12H20N2O2. The minimum atomic E-state index is -0.810. The second kappa shape index (κ2) is 5.16. The third kappa shape index (κ3) is 3.10. The van der Waals surface area contributed by atoms with Gasteiger partial charge in [-0.05, 0) is 32.4 Å². The predicted octanol–water partition coefficient (Wildman–Crippen LogP) is 1.97. The molecule has 1 aromatic heterocycles. The van der Waals surface area contributed by atoms with Crippen molar-refractivity contribution in [2.24, 2.45) is 5.73 Å². The van der Waals surface area contributed by atoms with Crippen LogP contribution in [-0.4, -0.2) is 11.4 Å². The number of amides is 1. The highest BCUT2D eigenvalue weighted by atomic mass is 16.3. The highest BCUT2D eigenvalue weighted by Crippen LogP contribution is 2.15. The van der Waals surface area contributed by atoms with Crippen LogP contribution in [0.2, 0.25) is 0 Å². The van der Waals surface area contributed by atoms with Gasteiger partial charge in [-0.2, -0.15) is 0 Å². The average molecular weight is 224 g/mol. The zero-order chi connectivity index (χ0) is 12.2. The van der Waals surface area contributed by atoms with Crippen molar-refractivity contribution in [1.82, 2.24) is 5.32 Å². The third-order valence-electron chi connectivity index (χ3n) is 2.61. The lowest BCUT2D eigenvalue weighted by Crippen LogP contribution is -2.51. The van der Waals surface area contributed by atoms with Gasteiger partial charge in [-0.25, -0.2) is 0 Å². The highest BCUT2D eigenvalue weighted by Gasteiger charge is 2.28. The molecule has 0 bridgehead atoms. The Balaban J connectivity index is 2.57. The molecule has 0 aliphatic carbocycles. The molecule has 1 rings (SSSR count). The van der Waals surface area contributed by atoms with Crippen LogP contribution in [-0.2, 0) is 4.79 Å². The molecule has 3 N–H and O–H groups in total. The first kappa shape index (κ1) is 12.8. The maximum Gasteiger partial charge on any atom is 0.240 e. The Morgan fingerprint density at radius 1 is 1.69 bits per heavy atom. The number of hydrogen-bond acceptors (Lipinski definition) is 3. The number of nitrogens with two attached hydrogens (primary N) is 1. The van der Waals surface area contributed by atoms with Crippen LogP contribution in [0.4, 0.5) is 0 Å². The van der Waals surface area contributed by atoms with E-state index in [4.69, 9.17) is 10.2 Å². The molecule has 0 aromatic carbocycles. The Labute approximate surface area is 96.2 Å². The smallest absolute Gasteiger partial charge is 0.240 e. The van der Waals surface area contributed by atoms with Crippen molar-refractivity contribution in [3.05, 3.63) is 24.2 Å². The van der Waals surface area contributed by atoms with Crippen molar-refractivity contribution < 1.29 is 9.21 Å². The monoisotopic (exact) mass is 224 g/mol. The lowest BCUT2D eigenvalue weighted by atomic mass is 9.96. The van der Waals surface area contributed by atoms with E-state index in [2.05, 4.69) is 5.32 Å². The molecule has 0 spiro atoms. The van der Waals surface area contributed by atoms with E-state index in [0.717, 1.165) is 12.2 Å². The van der Waals surface area contributed by atoms with Gasteiger partial charge in [0, 0.05) is 0 Å². The van der Waals surface area contributed by atoms with E-state index < -0.39 is 5.54 Å². The van der Waals surface area contributed by atoms with Crippen molar-refractivity contribution in [2.75, 3.05) is 0 Å². The van der Waals surface area contributed by atoms with Crippen molar-refractivity contribution in [3.8, 4) is 0 Å². The summed E-state index contributed by atoms with van der Waals surface area (Å²) in [6.45, 7) is 5.63. The van der Waals surface area contributed by atoms with Gasteiger partial charge in [0.1, 0.15) is 5.76 Å². The second-order valence-electron chi connectivity index (χ2n) is 4.38. The molecule has 0 saturated heterocycles. The van der Waals surface area contributed by atoms with Crippen LogP contribution in [0.3, 0.4) is 0 Å². The Morgan fingerprint density at radius 2 is 2.38 bits per heavy atom. The molecule has 0 aliphatic heterocycles. The molecule has 1 aromatic rings. The van der Waals surface area contributed by atoms with Gasteiger partial charge in [0.2, 0.25) is 5.91 Å². The fourth-order valence-electron chi connectivity index (χ4n) is 1.60. The predicted molar refractivity (Wildman–Crippen MR) is 62.8 cm³/mol.